The highest BCUT2D eigenvalue weighted by atomic mass is 35.5. The van der Waals surface area contributed by atoms with Gasteiger partial charge in [0.05, 0.1) is 12.7 Å². The Morgan fingerprint density at radius 1 is 1.20 bits per heavy atom. The van der Waals surface area contributed by atoms with E-state index in [0.29, 0.717) is 23.8 Å². The van der Waals surface area contributed by atoms with Crippen LogP contribution in [0.5, 0.6) is 0 Å². The van der Waals surface area contributed by atoms with Gasteiger partial charge in [-0.1, -0.05) is 53.2 Å². The molecule has 0 saturated carbocycles. The van der Waals surface area contributed by atoms with E-state index < -0.39 is 0 Å². The third kappa shape index (κ3) is 4.67. The van der Waals surface area contributed by atoms with Gasteiger partial charge in [0.25, 0.3) is 5.91 Å². The highest BCUT2D eigenvalue weighted by Gasteiger charge is 2.10. The van der Waals surface area contributed by atoms with Crippen LogP contribution >= 0.6 is 11.6 Å². The Hall–Kier alpha value is -2.66. The van der Waals surface area contributed by atoms with Crippen LogP contribution < -0.4 is 5.32 Å². The summed E-state index contributed by atoms with van der Waals surface area (Å²) in [6.07, 6.45) is 2.43. The summed E-state index contributed by atoms with van der Waals surface area (Å²) in [5.41, 5.74) is 3.77. The van der Waals surface area contributed by atoms with Crippen molar-refractivity contribution in [2.24, 2.45) is 0 Å². The lowest BCUT2D eigenvalue weighted by atomic mass is 10.1. The van der Waals surface area contributed by atoms with Crippen molar-refractivity contribution in [3.05, 3.63) is 82.1 Å². The second-order valence-corrected chi connectivity index (χ2v) is 6.30. The van der Waals surface area contributed by atoms with Crippen LogP contribution in [0.4, 0.5) is 0 Å². The number of nitrogens with zero attached hydrogens (tertiary/aromatic N) is 3. The van der Waals surface area contributed by atoms with E-state index >= 15 is 0 Å². The van der Waals surface area contributed by atoms with Crippen LogP contribution in [-0.4, -0.2) is 27.4 Å². The minimum atomic E-state index is -0.217. The maximum absolute atomic E-state index is 12.2. The molecule has 0 aliphatic rings. The van der Waals surface area contributed by atoms with Crippen molar-refractivity contribution in [3.63, 3.8) is 0 Å². The molecule has 0 radical (unpaired) electrons. The zero-order chi connectivity index (χ0) is 17.6. The predicted molar refractivity (Wildman–Crippen MR) is 97.8 cm³/mol. The van der Waals surface area contributed by atoms with Gasteiger partial charge in [0, 0.05) is 11.6 Å². The number of hydrogen-bond donors (Lipinski definition) is 1. The average Bonchev–Trinajstić information content (AvgIpc) is 3.05. The van der Waals surface area contributed by atoms with Gasteiger partial charge in [0.1, 0.15) is 0 Å². The van der Waals surface area contributed by atoms with Crippen molar-refractivity contribution in [1.82, 2.24) is 20.3 Å². The Kier molecular flexibility index (Phi) is 5.46. The van der Waals surface area contributed by atoms with Crippen molar-refractivity contribution >= 4 is 17.5 Å². The number of aromatic nitrogens is 3. The fourth-order valence-corrected chi connectivity index (χ4v) is 2.81. The summed E-state index contributed by atoms with van der Waals surface area (Å²) in [6, 6.07) is 15.7. The number of amides is 1. The second-order valence-electron chi connectivity index (χ2n) is 5.86. The van der Waals surface area contributed by atoms with Crippen molar-refractivity contribution < 1.29 is 4.79 Å². The molecule has 1 aromatic heterocycles. The van der Waals surface area contributed by atoms with Crippen LogP contribution in [0.2, 0.25) is 5.02 Å². The molecule has 0 aliphatic heterocycles. The Morgan fingerprint density at radius 2 is 2.04 bits per heavy atom. The molecule has 0 spiro atoms. The average molecular weight is 355 g/mol. The lowest BCUT2D eigenvalue weighted by molar-refractivity contribution is 0.0949. The molecule has 0 aliphatic carbocycles. The number of halogens is 1. The lowest BCUT2D eigenvalue weighted by Gasteiger charge is -2.06. The molecule has 6 heteroatoms. The maximum Gasteiger partial charge on any atom is 0.273 e. The van der Waals surface area contributed by atoms with Gasteiger partial charge < -0.3 is 5.32 Å². The standard InChI is InChI=1S/C19H19ClN4O/c1-14-5-2-3-7-16(14)9-10-21-19(25)18-13-24(23-22-18)12-15-6-4-8-17(20)11-15/h2-8,11,13H,9-10,12H2,1H3,(H,21,25). The molecular formula is C19H19ClN4O. The van der Waals surface area contributed by atoms with Crippen LogP contribution in [0.1, 0.15) is 27.2 Å². The number of benzene rings is 2. The number of rotatable bonds is 6. The molecule has 0 atom stereocenters. The van der Waals surface area contributed by atoms with Gasteiger partial charge in [-0.05, 0) is 42.2 Å². The fraction of sp³-hybridized carbons (Fsp3) is 0.211. The predicted octanol–water partition coefficient (Wildman–Crippen LogP) is 3.26. The second kappa shape index (κ2) is 7.94. The monoisotopic (exact) mass is 354 g/mol. The third-order valence-corrected chi connectivity index (χ3v) is 4.18. The van der Waals surface area contributed by atoms with Crippen molar-refractivity contribution in [2.75, 3.05) is 6.54 Å². The van der Waals surface area contributed by atoms with Gasteiger partial charge in [-0.3, -0.25) is 4.79 Å². The highest BCUT2D eigenvalue weighted by Crippen LogP contribution is 2.11. The smallest absolute Gasteiger partial charge is 0.273 e. The first-order valence-corrected chi connectivity index (χ1v) is 8.47. The first-order valence-electron chi connectivity index (χ1n) is 8.09. The SMILES string of the molecule is Cc1ccccc1CCNC(=O)c1cn(Cc2cccc(Cl)c2)nn1. The summed E-state index contributed by atoms with van der Waals surface area (Å²) in [4.78, 5) is 12.2. The molecule has 1 amide bonds. The zero-order valence-electron chi connectivity index (χ0n) is 13.9. The largest absolute Gasteiger partial charge is 0.350 e. The summed E-state index contributed by atoms with van der Waals surface area (Å²) in [5.74, 6) is -0.217. The molecule has 0 saturated heterocycles. The number of carbonyl (C=O) groups excluding carboxylic acids is 1. The molecule has 5 nitrogen and oxygen atoms in total. The van der Waals surface area contributed by atoms with Gasteiger partial charge in [0.2, 0.25) is 0 Å². The Labute approximate surface area is 151 Å². The van der Waals surface area contributed by atoms with Crippen LogP contribution in [0.15, 0.2) is 54.7 Å². The molecule has 3 aromatic rings. The van der Waals surface area contributed by atoms with E-state index in [4.69, 9.17) is 11.6 Å². The summed E-state index contributed by atoms with van der Waals surface area (Å²) in [7, 11) is 0. The number of carbonyl (C=O) groups is 1. The van der Waals surface area contributed by atoms with Gasteiger partial charge in [-0.25, -0.2) is 4.68 Å². The Balaban J connectivity index is 1.55. The molecule has 1 heterocycles. The fourth-order valence-electron chi connectivity index (χ4n) is 2.59. The minimum absolute atomic E-state index is 0.217. The molecule has 2 aromatic carbocycles. The number of hydrogen-bond acceptors (Lipinski definition) is 3. The molecule has 25 heavy (non-hydrogen) atoms. The van der Waals surface area contributed by atoms with E-state index in [9.17, 15) is 4.79 Å². The first-order chi connectivity index (χ1) is 12.1. The molecule has 128 valence electrons. The van der Waals surface area contributed by atoms with Gasteiger partial charge >= 0.3 is 0 Å². The molecule has 0 fully saturated rings. The number of nitrogens with one attached hydrogen (secondary N) is 1. The maximum atomic E-state index is 12.2. The Morgan fingerprint density at radius 3 is 2.84 bits per heavy atom. The summed E-state index contributed by atoms with van der Waals surface area (Å²) in [5, 5.41) is 11.5. The topological polar surface area (TPSA) is 59.8 Å². The molecule has 1 N–H and O–H groups in total. The van der Waals surface area contributed by atoms with Gasteiger partial charge in [-0.15, -0.1) is 5.10 Å². The number of aryl methyl sites for hydroxylation is 1. The highest BCUT2D eigenvalue weighted by molar-refractivity contribution is 6.30. The summed E-state index contributed by atoms with van der Waals surface area (Å²) >= 11 is 5.98. The quantitative estimate of drug-likeness (QED) is 0.739. The molecule has 3 rings (SSSR count). The van der Waals surface area contributed by atoms with E-state index in [2.05, 4.69) is 34.7 Å². The molecular weight excluding hydrogens is 336 g/mol. The lowest BCUT2D eigenvalue weighted by Crippen LogP contribution is -2.26. The summed E-state index contributed by atoms with van der Waals surface area (Å²) in [6.45, 7) is 3.15. The van der Waals surface area contributed by atoms with Crippen molar-refractivity contribution in [2.45, 2.75) is 19.9 Å². The van der Waals surface area contributed by atoms with Crippen molar-refractivity contribution in [1.29, 1.82) is 0 Å². The zero-order valence-corrected chi connectivity index (χ0v) is 14.7. The Bertz CT molecular complexity index is 875. The molecule has 0 bridgehead atoms. The molecule has 0 unspecified atom stereocenters. The van der Waals surface area contributed by atoms with E-state index in [1.165, 1.54) is 11.1 Å². The van der Waals surface area contributed by atoms with Gasteiger partial charge in [0.15, 0.2) is 5.69 Å². The van der Waals surface area contributed by atoms with Crippen LogP contribution in [-0.2, 0) is 13.0 Å². The van der Waals surface area contributed by atoms with E-state index in [1.54, 1.807) is 10.9 Å². The van der Waals surface area contributed by atoms with Crippen LogP contribution in [0.25, 0.3) is 0 Å². The third-order valence-electron chi connectivity index (χ3n) is 3.95. The van der Waals surface area contributed by atoms with E-state index in [0.717, 1.165) is 12.0 Å². The van der Waals surface area contributed by atoms with Crippen molar-refractivity contribution in [3.8, 4) is 0 Å². The van der Waals surface area contributed by atoms with Gasteiger partial charge in [-0.2, -0.15) is 0 Å². The van der Waals surface area contributed by atoms with Crippen LogP contribution in [0.3, 0.4) is 0 Å². The van der Waals surface area contributed by atoms with E-state index in [-0.39, 0.29) is 5.91 Å². The first kappa shape index (κ1) is 17.2. The minimum Gasteiger partial charge on any atom is -0.350 e. The van der Waals surface area contributed by atoms with Crippen LogP contribution in [0, 0.1) is 6.92 Å². The van der Waals surface area contributed by atoms with E-state index in [1.807, 2.05) is 36.4 Å². The summed E-state index contributed by atoms with van der Waals surface area (Å²) < 4.78 is 1.63. The normalized spacial score (nSPS) is 10.6.